The number of thiocarbonyl (C=S) groups is 1. The zero-order valence-corrected chi connectivity index (χ0v) is 15.0. The van der Waals surface area contributed by atoms with Gasteiger partial charge in [-0.05, 0) is 24.6 Å². The van der Waals surface area contributed by atoms with Gasteiger partial charge in [-0.15, -0.1) is 0 Å². The third kappa shape index (κ3) is 2.89. The average Bonchev–Trinajstić information content (AvgIpc) is 3.16. The Morgan fingerprint density at radius 3 is 2.64 bits per heavy atom. The molecule has 1 aromatic carbocycles. The van der Waals surface area contributed by atoms with Crippen molar-refractivity contribution in [3.63, 3.8) is 0 Å². The second-order valence-corrected chi connectivity index (χ2v) is 8.73. The van der Waals surface area contributed by atoms with Crippen LogP contribution in [-0.4, -0.2) is 37.6 Å². The summed E-state index contributed by atoms with van der Waals surface area (Å²) in [5, 5.41) is -0.0854. The summed E-state index contributed by atoms with van der Waals surface area (Å²) < 4.78 is 30.5. The number of halogens is 1. The molecule has 0 amide bonds. The van der Waals surface area contributed by atoms with Crippen LogP contribution in [0.15, 0.2) is 24.3 Å². The van der Waals surface area contributed by atoms with E-state index in [2.05, 4.69) is 0 Å². The zero-order chi connectivity index (χ0) is 16.5. The Morgan fingerprint density at radius 2 is 2.14 bits per heavy atom. The molecule has 7 heteroatoms. The Hall–Kier alpha value is -0.690. The van der Waals surface area contributed by atoms with Gasteiger partial charge in [0.1, 0.15) is 0 Å². The Balaban J connectivity index is 2.51. The fourth-order valence-corrected chi connectivity index (χ4v) is 5.76. The Kier molecular flexibility index (Phi) is 5.16. The number of hydrogen-bond donors (Lipinski definition) is 1. The van der Waals surface area contributed by atoms with Gasteiger partial charge in [0, 0.05) is 23.3 Å². The fourth-order valence-electron chi connectivity index (χ4n) is 3.09. The van der Waals surface area contributed by atoms with Crippen LogP contribution in [0.1, 0.15) is 25.3 Å². The van der Waals surface area contributed by atoms with E-state index in [9.17, 15) is 8.42 Å². The highest BCUT2D eigenvalue weighted by atomic mass is 35.5. The number of benzene rings is 1. The van der Waals surface area contributed by atoms with Crippen LogP contribution in [0.25, 0.3) is 0 Å². The largest absolute Gasteiger partial charge is 0.393 e. The standard InChI is InChI=1S/C15H20ClNO3S2/c1-3-20-9-15(14(17)21)12(13(15)22(18,19)4-2)10-6-5-7-11(16)8-10/h5-8,12-13H,3-4,9H2,1-2H3,(H2,17,21)/t12-,13-,15+/m0/s1. The van der Waals surface area contributed by atoms with E-state index < -0.39 is 20.5 Å². The lowest BCUT2D eigenvalue weighted by atomic mass is 10.00. The van der Waals surface area contributed by atoms with Crippen LogP contribution in [0, 0.1) is 5.41 Å². The average molecular weight is 362 g/mol. The molecule has 0 bridgehead atoms. The highest BCUT2D eigenvalue weighted by Crippen LogP contribution is 2.63. The van der Waals surface area contributed by atoms with Crippen LogP contribution >= 0.6 is 23.8 Å². The lowest BCUT2D eigenvalue weighted by Crippen LogP contribution is -2.34. The van der Waals surface area contributed by atoms with Gasteiger partial charge in [-0.2, -0.15) is 0 Å². The summed E-state index contributed by atoms with van der Waals surface area (Å²) in [6, 6.07) is 7.19. The molecule has 0 spiro atoms. The summed E-state index contributed by atoms with van der Waals surface area (Å²) in [4.78, 5) is 0.188. The van der Waals surface area contributed by atoms with Gasteiger partial charge in [0.2, 0.25) is 0 Å². The lowest BCUT2D eigenvalue weighted by molar-refractivity contribution is 0.121. The topological polar surface area (TPSA) is 69.4 Å². The molecule has 2 N–H and O–H groups in total. The summed E-state index contributed by atoms with van der Waals surface area (Å²) in [5.74, 6) is -0.259. The van der Waals surface area contributed by atoms with Crippen molar-refractivity contribution in [2.75, 3.05) is 19.0 Å². The van der Waals surface area contributed by atoms with Crippen LogP contribution in [0.4, 0.5) is 0 Å². The number of rotatable bonds is 7. The Bertz CT molecular complexity index is 677. The second-order valence-electron chi connectivity index (χ2n) is 5.45. The lowest BCUT2D eigenvalue weighted by Gasteiger charge is -2.16. The number of nitrogens with two attached hydrogens (primary N) is 1. The van der Waals surface area contributed by atoms with Crippen LogP contribution in [-0.2, 0) is 14.6 Å². The van der Waals surface area contributed by atoms with E-state index in [4.69, 9.17) is 34.3 Å². The normalized spacial score (nSPS) is 27.6. The van der Waals surface area contributed by atoms with Crippen molar-refractivity contribution in [1.29, 1.82) is 0 Å². The summed E-state index contributed by atoms with van der Waals surface area (Å²) >= 11 is 11.3. The molecule has 1 fully saturated rings. The van der Waals surface area contributed by atoms with E-state index in [1.54, 1.807) is 25.1 Å². The molecule has 22 heavy (non-hydrogen) atoms. The van der Waals surface area contributed by atoms with Crippen molar-refractivity contribution in [2.24, 2.45) is 11.1 Å². The maximum Gasteiger partial charge on any atom is 0.154 e. The maximum atomic E-state index is 12.5. The van der Waals surface area contributed by atoms with Crippen LogP contribution in [0.3, 0.4) is 0 Å². The monoisotopic (exact) mass is 361 g/mol. The van der Waals surface area contributed by atoms with Gasteiger partial charge in [0.05, 0.1) is 22.3 Å². The van der Waals surface area contributed by atoms with E-state index in [1.165, 1.54) is 0 Å². The van der Waals surface area contributed by atoms with Gasteiger partial charge >= 0.3 is 0 Å². The van der Waals surface area contributed by atoms with E-state index in [0.29, 0.717) is 11.6 Å². The predicted octanol–water partition coefficient (Wildman–Crippen LogP) is 2.55. The highest BCUT2D eigenvalue weighted by Gasteiger charge is 2.72. The molecule has 0 aliphatic heterocycles. The smallest absolute Gasteiger partial charge is 0.154 e. The van der Waals surface area contributed by atoms with Crippen LogP contribution in [0.2, 0.25) is 5.02 Å². The van der Waals surface area contributed by atoms with Crippen LogP contribution < -0.4 is 5.73 Å². The van der Waals surface area contributed by atoms with Gasteiger partial charge in [0.15, 0.2) is 9.84 Å². The summed E-state index contributed by atoms with van der Waals surface area (Å²) in [5.41, 5.74) is 5.93. The SMILES string of the molecule is CCOC[C@@]1(C(N)=S)[C@@H](c2cccc(Cl)c2)[C@@H]1S(=O)(=O)CC. The number of ether oxygens (including phenoxy) is 1. The minimum atomic E-state index is -3.31. The molecule has 0 aromatic heterocycles. The summed E-state index contributed by atoms with van der Waals surface area (Å²) in [7, 11) is -3.31. The first kappa shape index (κ1) is 17.7. The van der Waals surface area contributed by atoms with Crippen molar-refractivity contribution < 1.29 is 13.2 Å². The first-order valence-corrected chi connectivity index (χ1v) is 9.66. The van der Waals surface area contributed by atoms with Gasteiger partial charge < -0.3 is 10.5 Å². The summed E-state index contributed by atoms with van der Waals surface area (Å²) in [6.45, 7) is 4.17. The van der Waals surface area contributed by atoms with Gasteiger partial charge in [-0.1, -0.05) is 42.9 Å². The minimum Gasteiger partial charge on any atom is -0.393 e. The van der Waals surface area contributed by atoms with E-state index in [-0.39, 0.29) is 23.3 Å². The Labute approximate surface area is 141 Å². The predicted molar refractivity (Wildman–Crippen MR) is 93.2 cm³/mol. The molecule has 1 aliphatic carbocycles. The molecule has 4 nitrogen and oxygen atoms in total. The molecule has 0 heterocycles. The third-order valence-electron chi connectivity index (χ3n) is 4.26. The second kappa shape index (κ2) is 6.43. The van der Waals surface area contributed by atoms with Gasteiger partial charge in [0.25, 0.3) is 0 Å². The summed E-state index contributed by atoms with van der Waals surface area (Å²) in [6.07, 6.45) is 0. The van der Waals surface area contributed by atoms with Crippen molar-refractivity contribution in [2.45, 2.75) is 25.0 Å². The first-order chi connectivity index (χ1) is 10.3. The number of hydrogen-bond acceptors (Lipinski definition) is 4. The molecule has 0 saturated heterocycles. The fraction of sp³-hybridized carbons (Fsp3) is 0.533. The van der Waals surface area contributed by atoms with E-state index in [0.717, 1.165) is 5.56 Å². The Morgan fingerprint density at radius 1 is 1.45 bits per heavy atom. The maximum absolute atomic E-state index is 12.5. The zero-order valence-electron chi connectivity index (χ0n) is 12.6. The molecular formula is C15H20ClNO3S2. The molecule has 2 rings (SSSR count). The molecular weight excluding hydrogens is 342 g/mol. The molecule has 1 aliphatic rings. The van der Waals surface area contributed by atoms with Gasteiger partial charge in [-0.25, -0.2) is 8.42 Å². The molecule has 3 atom stereocenters. The molecule has 0 radical (unpaired) electrons. The molecule has 122 valence electrons. The number of sulfone groups is 1. The molecule has 0 unspecified atom stereocenters. The van der Waals surface area contributed by atoms with Crippen molar-refractivity contribution in [3.8, 4) is 0 Å². The van der Waals surface area contributed by atoms with Crippen molar-refractivity contribution in [1.82, 2.24) is 0 Å². The molecule has 1 aromatic rings. The van der Waals surface area contributed by atoms with Crippen molar-refractivity contribution >= 4 is 38.6 Å². The molecule has 1 saturated carbocycles. The minimum absolute atomic E-state index is 0.0468. The van der Waals surface area contributed by atoms with Crippen molar-refractivity contribution in [3.05, 3.63) is 34.9 Å². The first-order valence-electron chi connectivity index (χ1n) is 7.16. The highest BCUT2D eigenvalue weighted by molar-refractivity contribution is 7.92. The third-order valence-corrected chi connectivity index (χ3v) is 7.14. The van der Waals surface area contributed by atoms with E-state index >= 15 is 0 Å². The van der Waals surface area contributed by atoms with Crippen LogP contribution in [0.5, 0.6) is 0 Å². The quantitative estimate of drug-likeness (QED) is 0.756. The van der Waals surface area contributed by atoms with E-state index in [1.807, 2.05) is 13.0 Å². The van der Waals surface area contributed by atoms with Gasteiger partial charge in [-0.3, -0.25) is 0 Å².